The van der Waals surface area contributed by atoms with Crippen LogP contribution in [0.15, 0.2) is 0 Å². The van der Waals surface area contributed by atoms with Crippen molar-refractivity contribution in [3.63, 3.8) is 0 Å². The van der Waals surface area contributed by atoms with Gasteiger partial charge in [0.15, 0.2) is 0 Å². The quantitative estimate of drug-likeness (QED) is 0.545. The molecule has 0 aromatic heterocycles. The van der Waals surface area contributed by atoms with Gasteiger partial charge in [0.1, 0.15) is 6.61 Å². The predicted octanol–water partition coefficient (Wildman–Crippen LogP) is 1.41. The second-order valence-corrected chi connectivity index (χ2v) is 3.98. The average molecular weight is 250 g/mol. The Morgan fingerprint density at radius 1 is 1.38 bits per heavy atom. The van der Waals surface area contributed by atoms with Gasteiger partial charge in [0.25, 0.3) is 0 Å². The number of ether oxygens (including phenoxy) is 1. The fourth-order valence-corrected chi connectivity index (χ4v) is 1.76. The van der Waals surface area contributed by atoms with Crippen LogP contribution in [0.2, 0.25) is 0 Å². The summed E-state index contributed by atoms with van der Waals surface area (Å²) in [5, 5.41) is 1.06. The van der Waals surface area contributed by atoms with E-state index in [-0.39, 0.29) is 12.5 Å². The summed E-state index contributed by atoms with van der Waals surface area (Å²) >= 11 is 3.39. The predicted molar refractivity (Wildman–Crippen MR) is 55.0 cm³/mol. The molecule has 4 heteroatoms. The molecule has 0 saturated carbocycles. The highest BCUT2D eigenvalue weighted by molar-refractivity contribution is 9.09. The van der Waals surface area contributed by atoms with Gasteiger partial charge in [0, 0.05) is 18.4 Å². The minimum Gasteiger partial charge on any atom is -0.370 e. The molecule has 1 saturated heterocycles. The molecule has 0 aliphatic carbocycles. The maximum absolute atomic E-state index is 11.2. The molecule has 0 radical (unpaired) electrons. The highest BCUT2D eigenvalue weighted by atomic mass is 79.9. The van der Waals surface area contributed by atoms with Gasteiger partial charge in [-0.15, -0.1) is 0 Å². The van der Waals surface area contributed by atoms with E-state index in [1.165, 1.54) is 12.8 Å². The van der Waals surface area contributed by atoms with Gasteiger partial charge < -0.3 is 9.64 Å². The number of unbranched alkanes of at least 4 members (excludes halogenated alkanes) is 2. The molecule has 0 N–H and O–H groups in total. The van der Waals surface area contributed by atoms with Crippen molar-refractivity contribution in [3.8, 4) is 0 Å². The zero-order chi connectivity index (χ0) is 9.52. The van der Waals surface area contributed by atoms with E-state index in [9.17, 15) is 4.79 Å². The Hall–Kier alpha value is -0.0900. The normalized spacial score (nSPS) is 17.9. The van der Waals surface area contributed by atoms with E-state index < -0.39 is 0 Å². The first-order valence-corrected chi connectivity index (χ1v) is 5.88. The third-order valence-electron chi connectivity index (χ3n) is 2.15. The summed E-state index contributed by atoms with van der Waals surface area (Å²) in [4.78, 5) is 13.2. The number of carbonyl (C=O) groups is 1. The molecule has 1 heterocycles. The van der Waals surface area contributed by atoms with E-state index in [2.05, 4.69) is 15.9 Å². The third-order valence-corrected chi connectivity index (χ3v) is 2.71. The first kappa shape index (κ1) is 11.0. The summed E-state index contributed by atoms with van der Waals surface area (Å²) in [7, 11) is 0. The third kappa shape index (κ3) is 4.09. The lowest BCUT2D eigenvalue weighted by atomic mass is 10.2. The minimum absolute atomic E-state index is 0.144. The van der Waals surface area contributed by atoms with Crippen LogP contribution in [0.25, 0.3) is 0 Å². The summed E-state index contributed by atoms with van der Waals surface area (Å²) in [6.45, 7) is 2.64. The van der Waals surface area contributed by atoms with Gasteiger partial charge >= 0.3 is 0 Å². The number of carbonyl (C=O) groups excluding carboxylic acids is 1. The van der Waals surface area contributed by atoms with Gasteiger partial charge in [-0.2, -0.15) is 0 Å². The van der Waals surface area contributed by atoms with E-state index in [1.807, 2.05) is 4.90 Å². The summed E-state index contributed by atoms with van der Waals surface area (Å²) in [6.07, 6.45) is 3.49. The zero-order valence-electron chi connectivity index (χ0n) is 7.80. The molecule has 1 aliphatic rings. The van der Waals surface area contributed by atoms with Crippen LogP contribution >= 0.6 is 15.9 Å². The van der Waals surface area contributed by atoms with Crippen LogP contribution in [0.1, 0.15) is 19.3 Å². The highest BCUT2D eigenvalue weighted by Gasteiger charge is 2.17. The van der Waals surface area contributed by atoms with Crippen molar-refractivity contribution < 1.29 is 9.53 Å². The van der Waals surface area contributed by atoms with Crippen LogP contribution in [0, 0.1) is 0 Å². The minimum atomic E-state index is 0.144. The van der Waals surface area contributed by atoms with E-state index in [0.29, 0.717) is 6.61 Å². The average Bonchev–Trinajstić information content (AvgIpc) is 2.15. The van der Waals surface area contributed by atoms with Crippen LogP contribution in [0.3, 0.4) is 0 Å². The summed E-state index contributed by atoms with van der Waals surface area (Å²) in [5.41, 5.74) is 0. The van der Waals surface area contributed by atoms with E-state index in [0.717, 1.165) is 24.8 Å². The van der Waals surface area contributed by atoms with Crippen LogP contribution in [-0.4, -0.2) is 42.4 Å². The van der Waals surface area contributed by atoms with Gasteiger partial charge in [-0.1, -0.05) is 22.4 Å². The van der Waals surface area contributed by atoms with Crippen molar-refractivity contribution >= 4 is 21.8 Å². The molecule has 1 amide bonds. The molecule has 0 atom stereocenters. The summed E-state index contributed by atoms with van der Waals surface area (Å²) < 4.78 is 5.04. The Labute approximate surface area is 87.6 Å². The van der Waals surface area contributed by atoms with Gasteiger partial charge in [-0.25, -0.2) is 0 Å². The summed E-state index contributed by atoms with van der Waals surface area (Å²) in [6, 6.07) is 0. The van der Waals surface area contributed by atoms with Crippen molar-refractivity contribution in [2.75, 3.05) is 31.6 Å². The summed E-state index contributed by atoms with van der Waals surface area (Å²) in [5.74, 6) is 0.144. The molecular weight excluding hydrogens is 234 g/mol. The van der Waals surface area contributed by atoms with E-state index in [1.54, 1.807) is 0 Å². The number of hydrogen-bond acceptors (Lipinski definition) is 2. The lowest BCUT2D eigenvalue weighted by Gasteiger charge is -2.26. The molecular formula is C9H16BrNO2. The number of hydrogen-bond donors (Lipinski definition) is 0. The lowest BCUT2D eigenvalue weighted by Crippen LogP contribution is -2.41. The Morgan fingerprint density at radius 3 is 2.92 bits per heavy atom. The Balaban J connectivity index is 2.08. The molecule has 0 aromatic carbocycles. The molecule has 0 aromatic rings. The maximum Gasteiger partial charge on any atom is 0.248 e. The standard InChI is InChI=1S/C9H16BrNO2/c10-4-2-1-3-5-11-6-7-13-8-9(11)12/h1-8H2. The van der Waals surface area contributed by atoms with Crippen molar-refractivity contribution in [2.24, 2.45) is 0 Å². The SMILES string of the molecule is O=C1COCCN1CCCCCBr. The molecule has 1 fully saturated rings. The monoisotopic (exact) mass is 249 g/mol. The molecule has 76 valence electrons. The Morgan fingerprint density at radius 2 is 2.23 bits per heavy atom. The lowest BCUT2D eigenvalue weighted by molar-refractivity contribution is -0.142. The Kier molecular flexibility index (Phi) is 5.39. The molecule has 0 unspecified atom stereocenters. The van der Waals surface area contributed by atoms with Crippen LogP contribution < -0.4 is 0 Å². The van der Waals surface area contributed by atoms with Crippen molar-refractivity contribution in [2.45, 2.75) is 19.3 Å². The first-order valence-electron chi connectivity index (χ1n) is 4.76. The molecule has 0 spiro atoms. The number of rotatable bonds is 5. The van der Waals surface area contributed by atoms with E-state index >= 15 is 0 Å². The number of nitrogens with zero attached hydrogens (tertiary/aromatic N) is 1. The van der Waals surface area contributed by atoms with Gasteiger partial charge in [-0.3, -0.25) is 4.79 Å². The smallest absolute Gasteiger partial charge is 0.248 e. The van der Waals surface area contributed by atoms with Crippen molar-refractivity contribution in [3.05, 3.63) is 0 Å². The molecule has 0 bridgehead atoms. The molecule has 13 heavy (non-hydrogen) atoms. The second kappa shape index (κ2) is 6.38. The number of amides is 1. The van der Waals surface area contributed by atoms with E-state index in [4.69, 9.17) is 4.74 Å². The highest BCUT2D eigenvalue weighted by Crippen LogP contribution is 2.04. The number of halogens is 1. The second-order valence-electron chi connectivity index (χ2n) is 3.18. The maximum atomic E-state index is 11.2. The molecule has 1 aliphatic heterocycles. The van der Waals surface area contributed by atoms with Gasteiger partial charge in [0.05, 0.1) is 6.61 Å². The molecule has 1 rings (SSSR count). The molecule has 3 nitrogen and oxygen atoms in total. The van der Waals surface area contributed by atoms with Gasteiger partial charge in [0.2, 0.25) is 5.91 Å². The number of morpholine rings is 1. The van der Waals surface area contributed by atoms with Crippen LogP contribution in [0.5, 0.6) is 0 Å². The van der Waals surface area contributed by atoms with Gasteiger partial charge in [-0.05, 0) is 12.8 Å². The van der Waals surface area contributed by atoms with Crippen LogP contribution in [0.4, 0.5) is 0 Å². The first-order chi connectivity index (χ1) is 6.34. The zero-order valence-corrected chi connectivity index (χ0v) is 9.38. The topological polar surface area (TPSA) is 29.5 Å². The Bertz CT molecular complexity index is 164. The van der Waals surface area contributed by atoms with Crippen molar-refractivity contribution in [1.82, 2.24) is 4.90 Å². The largest absolute Gasteiger partial charge is 0.370 e. The fourth-order valence-electron chi connectivity index (χ4n) is 1.36. The fraction of sp³-hybridized carbons (Fsp3) is 0.889. The van der Waals surface area contributed by atoms with Crippen molar-refractivity contribution in [1.29, 1.82) is 0 Å². The number of alkyl halides is 1. The van der Waals surface area contributed by atoms with Crippen LogP contribution in [-0.2, 0) is 9.53 Å².